The molecule has 0 spiro atoms. The highest BCUT2D eigenvalue weighted by atomic mass is 16.5. The minimum Gasteiger partial charge on any atom is -0.495 e. The van der Waals surface area contributed by atoms with Gasteiger partial charge in [-0.3, -0.25) is 4.79 Å². The Morgan fingerprint density at radius 2 is 2.00 bits per heavy atom. The van der Waals surface area contributed by atoms with Gasteiger partial charge in [0.05, 0.1) is 12.8 Å². The number of carbonyl (C=O) groups is 2. The average molecular weight is 260 g/mol. The Morgan fingerprint density at radius 1 is 1.26 bits per heavy atom. The molecule has 2 aliphatic rings. The molecule has 2 unspecified atom stereocenters. The third-order valence-corrected chi connectivity index (χ3v) is 3.94. The molecule has 5 heteroatoms. The topological polar surface area (TPSA) is 49.9 Å². The monoisotopic (exact) mass is 260 g/mol. The quantitative estimate of drug-likeness (QED) is 0.763. The van der Waals surface area contributed by atoms with Gasteiger partial charge in [0, 0.05) is 6.54 Å². The summed E-state index contributed by atoms with van der Waals surface area (Å²) in [5.41, 5.74) is 0.529. The number of ether oxygens (including phenoxy) is 1. The number of anilines is 1. The van der Waals surface area contributed by atoms with Crippen LogP contribution in [-0.4, -0.2) is 36.5 Å². The van der Waals surface area contributed by atoms with E-state index in [0.29, 0.717) is 18.0 Å². The Kier molecular flexibility index (Phi) is 2.69. The molecule has 3 amide bonds. The highest BCUT2D eigenvalue weighted by Gasteiger charge is 2.51. The summed E-state index contributed by atoms with van der Waals surface area (Å²) in [4.78, 5) is 27.8. The van der Waals surface area contributed by atoms with Gasteiger partial charge < -0.3 is 9.64 Å². The maximum atomic E-state index is 12.5. The minimum absolute atomic E-state index is 0.139. The largest absolute Gasteiger partial charge is 0.495 e. The van der Waals surface area contributed by atoms with Crippen molar-refractivity contribution in [2.75, 3.05) is 18.6 Å². The minimum atomic E-state index is -0.308. The molecule has 2 fully saturated rings. The predicted molar refractivity (Wildman–Crippen MR) is 70.2 cm³/mol. The zero-order chi connectivity index (χ0) is 13.6. The van der Waals surface area contributed by atoms with Gasteiger partial charge in [0.15, 0.2) is 0 Å². The van der Waals surface area contributed by atoms with E-state index in [2.05, 4.69) is 0 Å². The number of nitrogens with zero attached hydrogens (tertiary/aromatic N) is 2. The number of benzene rings is 1. The first-order valence-electron chi connectivity index (χ1n) is 6.42. The van der Waals surface area contributed by atoms with E-state index in [-0.39, 0.29) is 23.9 Å². The van der Waals surface area contributed by atoms with Crippen molar-refractivity contribution in [1.29, 1.82) is 0 Å². The summed E-state index contributed by atoms with van der Waals surface area (Å²) in [5.74, 6) is 0.619. The summed E-state index contributed by atoms with van der Waals surface area (Å²) in [7, 11) is 1.54. The van der Waals surface area contributed by atoms with Crippen molar-refractivity contribution in [3.05, 3.63) is 24.3 Å². The predicted octanol–water partition coefficient (Wildman–Crippen LogP) is 1.87. The number of carbonyl (C=O) groups excluding carboxylic acids is 2. The Labute approximate surface area is 111 Å². The lowest BCUT2D eigenvalue weighted by Gasteiger charge is -2.18. The molecule has 2 heterocycles. The summed E-state index contributed by atoms with van der Waals surface area (Å²) < 4.78 is 5.24. The molecule has 0 bridgehead atoms. The molecule has 2 saturated heterocycles. The van der Waals surface area contributed by atoms with Crippen LogP contribution in [0.1, 0.15) is 13.3 Å². The van der Waals surface area contributed by atoms with Crippen LogP contribution in [0, 0.1) is 5.92 Å². The third kappa shape index (κ3) is 1.61. The van der Waals surface area contributed by atoms with Gasteiger partial charge >= 0.3 is 6.03 Å². The number of hydrogen-bond acceptors (Lipinski definition) is 3. The van der Waals surface area contributed by atoms with E-state index in [1.807, 2.05) is 13.0 Å². The van der Waals surface area contributed by atoms with Crippen molar-refractivity contribution in [3.8, 4) is 5.75 Å². The number of rotatable bonds is 2. The maximum absolute atomic E-state index is 12.5. The van der Waals surface area contributed by atoms with E-state index in [9.17, 15) is 9.59 Å². The normalized spacial score (nSPS) is 26.0. The number of amides is 3. The standard InChI is InChI=1S/C14H16N2O3/c1-9-7-8-15-12(9)13(17)16(14(15)18)10-5-3-4-6-11(10)19-2/h3-6,9,12H,7-8H2,1-2H3. The molecular weight excluding hydrogens is 244 g/mol. The van der Waals surface area contributed by atoms with Gasteiger partial charge in [-0.25, -0.2) is 9.69 Å². The summed E-state index contributed by atoms with van der Waals surface area (Å²) in [6, 6.07) is 6.56. The summed E-state index contributed by atoms with van der Waals surface area (Å²) in [6.07, 6.45) is 0.891. The highest BCUT2D eigenvalue weighted by molar-refractivity contribution is 6.22. The van der Waals surface area contributed by atoms with Crippen LogP contribution >= 0.6 is 0 Å². The molecule has 5 nitrogen and oxygen atoms in total. The Hall–Kier alpha value is -2.04. The van der Waals surface area contributed by atoms with E-state index in [1.165, 1.54) is 12.0 Å². The summed E-state index contributed by atoms with van der Waals surface area (Å²) in [6.45, 7) is 2.67. The van der Waals surface area contributed by atoms with Gasteiger partial charge in [0.25, 0.3) is 5.91 Å². The molecule has 19 heavy (non-hydrogen) atoms. The molecule has 1 aromatic rings. The maximum Gasteiger partial charge on any atom is 0.332 e. The smallest absolute Gasteiger partial charge is 0.332 e. The molecule has 0 N–H and O–H groups in total. The van der Waals surface area contributed by atoms with Crippen molar-refractivity contribution in [2.24, 2.45) is 5.92 Å². The molecule has 2 atom stereocenters. The van der Waals surface area contributed by atoms with E-state index in [0.717, 1.165) is 6.42 Å². The van der Waals surface area contributed by atoms with Crippen LogP contribution in [0.2, 0.25) is 0 Å². The van der Waals surface area contributed by atoms with Gasteiger partial charge in [-0.2, -0.15) is 0 Å². The van der Waals surface area contributed by atoms with Crippen LogP contribution in [-0.2, 0) is 4.79 Å². The lowest BCUT2D eigenvalue weighted by Crippen LogP contribution is -2.33. The van der Waals surface area contributed by atoms with Crippen LogP contribution < -0.4 is 9.64 Å². The average Bonchev–Trinajstić information content (AvgIpc) is 2.91. The fourth-order valence-corrected chi connectivity index (χ4v) is 2.93. The Balaban J connectivity index is 2.02. The zero-order valence-corrected chi connectivity index (χ0v) is 11.0. The molecule has 100 valence electrons. The molecule has 0 aliphatic carbocycles. The van der Waals surface area contributed by atoms with Crippen LogP contribution in [0.5, 0.6) is 5.75 Å². The van der Waals surface area contributed by atoms with Crippen molar-refractivity contribution in [1.82, 2.24) is 4.90 Å². The first-order valence-corrected chi connectivity index (χ1v) is 6.42. The van der Waals surface area contributed by atoms with Crippen LogP contribution in [0.4, 0.5) is 10.5 Å². The van der Waals surface area contributed by atoms with Gasteiger partial charge in [-0.15, -0.1) is 0 Å². The lowest BCUT2D eigenvalue weighted by molar-refractivity contribution is -0.120. The van der Waals surface area contributed by atoms with Crippen molar-refractivity contribution in [2.45, 2.75) is 19.4 Å². The molecule has 0 aromatic heterocycles. The molecule has 0 saturated carbocycles. The SMILES string of the molecule is COc1ccccc1N1C(=O)C2C(C)CCN2C1=O. The van der Waals surface area contributed by atoms with Crippen molar-refractivity contribution >= 4 is 17.6 Å². The second-order valence-corrected chi connectivity index (χ2v) is 5.03. The molecule has 1 aromatic carbocycles. The van der Waals surface area contributed by atoms with E-state index in [1.54, 1.807) is 23.1 Å². The zero-order valence-electron chi connectivity index (χ0n) is 11.0. The summed E-state index contributed by atoms with van der Waals surface area (Å²) >= 11 is 0. The van der Waals surface area contributed by atoms with Gasteiger partial charge in [-0.1, -0.05) is 19.1 Å². The van der Waals surface area contributed by atoms with Gasteiger partial charge in [0.2, 0.25) is 0 Å². The van der Waals surface area contributed by atoms with E-state index < -0.39 is 0 Å². The number of hydrogen-bond donors (Lipinski definition) is 0. The number of fused-ring (bicyclic) bond motifs is 1. The van der Waals surface area contributed by atoms with E-state index in [4.69, 9.17) is 4.74 Å². The Bertz CT molecular complexity index is 543. The third-order valence-electron chi connectivity index (χ3n) is 3.94. The van der Waals surface area contributed by atoms with Gasteiger partial charge in [0.1, 0.15) is 11.8 Å². The number of imide groups is 1. The fourth-order valence-electron chi connectivity index (χ4n) is 2.93. The number of para-hydroxylation sites is 2. The molecule has 3 rings (SSSR count). The molecule has 0 radical (unpaired) electrons. The number of urea groups is 1. The second-order valence-electron chi connectivity index (χ2n) is 5.03. The lowest BCUT2D eigenvalue weighted by atomic mass is 10.0. The number of methoxy groups -OCH3 is 1. The van der Waals surface area contributed by atoms with Crippen molar-refractivity contribution < 1.29 is 14.3 Å². The van der Waals surface area contributed by atoms with Gasteiger partial charge in [-0.05, 0) is 24.5 Å². The molecule has 2 aliphatic heterocycles. The fraction of sp³-hybridized carbons (Fsp3) is 0.429. The van der Waals surface area contributed by atoms with Crippen molar-refractivity contribution in [3.63, 3.8) is 0 Å². The summed E-state index contributed by atoms with van der Waals surface area (Å²) in [5, 5.41) is 0. The van der Waals surface area contributed by atoms with E-state index >= 15 is 0 Å². The van der Waals surface area contributed by atoms with Crippen LogP contribution in [0.25, 0.3) is 0 Å². The van der Waals surface area contributed by atoms with Crippen LogP contribution in [0.15, 0.2) is 24.3 Å². The second kappa shape index (κ2) is 4.26. The first-order chi connectivity index (χ1) is 9.15. The highest BCUT2D eigenvalue weighted by Crippen LogP contribution is 2.37. The Morgan fingerprint density at radius 3 is 2.68 bits per heavy atom. The first kappa shape index (κ1) is 12.0. The van der Waals surface area contributed by atoms with Crippen LogP contribution in [0.3, 0.4) is 0 Å². The molecular formula is C14H16N2O3.